The summed E-state index contributed by atoms with van der Waals surface area (Å²) in [7, 11) is 0. The van der Waals surface area contributed by atoms with Crippen molar-refractivity contribution < 1.29 is 0 Å². The van der Waals surface area contributed by atoms with Gasteiger partial charge in [-0.3, -0.25) is 5.10 Å². The van der Waals surface area contributed by atoms with E-state index in [1.807, 2.05) is 0 Å². The third kappa shape index (κ3) is 2.21. The predicted octanol–water partition coefficient (Wildman–Crippen LogP) is 2.38. The highest BCUT2D eigenvalue weighted by atomic mass is 35.5. The van der Waals surface area contributed by atoms with Gasteiger partial charge in [-0.1, -0.05) is 23.2 Å². The van der Waals surface area contributed by atoms with Crippen molar-refractivity contribution in [1.82, 2.24) is 15.2 Å². The maximum absolute atomic E-state index is 6.08. The maximum Gasteiger partial charge on any atom is 0.245 e. The van der Waals surface area contributed by atoms with Gasteiger partial charge in [-0.25, -0.2) is 0 Å². The van der Waals surface area contributed by atoms with Gasteiger partial charge in [-0.05, 0) is 12.5 Å². The molecule has 2 aromatic rings. The summed E-state index contributed by atoms with van der Waals surface area (Å²) >= 11 is 13.3. The summed E-state index contributed by atoms with van der Waals surface area (Å²) < 4.78 is 1.25. The first-order chi connectivity index (χ1) is 8.63. The first kappa shape index (κ1) is 12.2. The molecule has 18 heavy (non-hydrogen) atoms. The van der Waals surface area contributed by atoms with Crippen molar-refractivity contribution in [2.75, 3.05) is 18.0 Å². The van der Waals surface area contributed by atoms with Crippen LogP contribution in [0.5, 0.6) is 0 Å². The highest BCUT2D eigenvalue weighted by Gasteiger charge is 2.23. The molecule has 0 aliphatic carbocycles. The normalized spacial score (nSPS) is 19.7. The van der Waals surface area contributed by atoms with Gasteiger partial charge >= 0.3 is 0 Å². The number of halogens is 2. The second-order valence-electron chi connectivity index (χ2n) is 4.22. The molecule has 1 atom stereocenters. The van der Waals surface area contributed by atoms with E-state index < -0.39 is 0 Å². The molecule has 3 heterocycles. The first-order valence-corrected chi connectivity index (χ1v) is 7.09. The van der Waals surface area contributed by atoms with Crippen molar-refractivity contribution in [3.63, 3.8) is 0 Å². The molecular formula is C10H11Cl2N5S. The summed E-state index contributed by atoms with van der Waals surface area (Å²) in [5.41, 5.74) is 6.65. The van der Waals surface area contributed by atoms with Crippen LogP contribution in [0.2, 0.25) is 8.67 Å². The Morgan fingerprint density at radius 1 is 1.50 bits per heavy atom. The number of hydrogen-bond donors (Lipinski definition) is 2. The summed E-state index contributed by atoms with van der Waals surface area (Å²) in [5, 5.41) is 7.08. The van der Waals surface area contributed by atoms with Gasteiger partial charge < -0.3 is 10.6 Å². The minimum absolute atomic E-state index is 0.200. The second kappa shape index (κ2) is 4.70. The Hall–Kier alpha value is -0.820. The van der Waals surface area contributed by atoms with Crippen LogP contribution in [0, 0.1) is 0 Å². The lowest BCUT2D eigenvalue weighted by Gasteiger charge is -2.11. The molecule has 1 fully saturated rings. The van der Waals surface area contributed by atoms with Crippen LogP contribution in [0.4, 0.5) is 5.95 Å². The summed E-state index contributed by atoms with van der Waals surface area (Å²) in [4.78, 5) is 6.50. The summed E-state index contributed by atoms with van der Waals surface area (Å²) in [6.45, 7) is 1.67. The molecule has 0 spiro atoms. The van der Waals surface area contributed by atoms with Gasteiger partial charge in [0.25, 0.3) is 0 Å². The van der Waals surface area contributed by atoms with Crippen molar-refractivity contribution in [2.24, 2.45) is 5.73 Å². The van der Waals surface area contributed by atoms with Crippen LogP contribution in [-0.4, -0.2) is 34.3 Å². The lowest BCUT2D eigenvalue weighted by Crippen LogP contribution is -2.26. The molecule has 2 aromatic heterocycles. The fourth-order valence-corrected chi connectivity index (χ4v) is 3.45. The Morgan fingerprint density at radius 2 is 2.33 bits per heavy atom. The van der Waals surface area contributed by atoms with Crippen molar-refractivity contribution in [3.05, 3.63) is 14.7 Å². The zero-order valence-corrected chi connectivity index (χ0v) is 11.7. The predicted molar refractivity (Wildman–Crippen MR) is 74.5 cm³/mol. The number of thiophene rings is 1. The molecule has 1 saturated heterocycles. The maximum atomic E-state index is 6.08. The lowest BCUT2D eigenvalue weighted by atomic mass is 10.3. The molecule has 0 aromatic carbocycles. The average Bonchev–Trinajstić information content (AvgIpc) is 2.98. The zero-order chi connectivity index (χ0) is 12.7. The molecule has 0 saturated carbocycles. The number of nitrogens with one attached hydrogen (secondary N) is 1. The van der Waals surface area contributed by atoms with Gasteiger partial charge in [-0.2, -0.15) is 4.98 Å². The van der Waals surface area contributed by atoms with Crippen molar-refractivity contribution in [1.29, 1.82) is 0 Å². The first-order valence-electron chi connectivity index (χ1n) is 5.51. The van der Waals surface area contributed by atoms with E-state index in [0.29, 0.717) is 20.4 Å². The molecule has 1 unspecified atom stereocenters. The monoisotopic (exact) mass is 303 g/mol. The number of anilines is 1. The fourth-order valence-electron chi connectivity index (χ4n) is 1.99. The van der Waals surface area contributed by atoms with Gasteiger partial charge in [0, 0.05) is 24.7 Å². The standard InChI is InChI=1S/C10H11Cl2N5S/c11-7-3-6(8(12)18-7)9-14-10(16-15-9)17-2-1-5(13)4-17/h3,5H,1-2,4,13H2,(H,14,15,16). The van der Waals surface area contributed by atoms with Gasteiger partial charge in [0.1, 0.15) is 4.34 Å². The molecule has 5 nitrogen and oxygen atoms in total. The van der Waals surface area contributed by atoms with E-state index >= 15 is 0 Å². The minimum Gasteiger partial charge on any atom is -0.338 e. The number of aromatic nitrogens is 3. The van der Waals surface area contributed by atoms with Crippen LogP contribution in [0.1, 0.15) is 6.42 Å². The van der Waals surface area contributed by atoms with E-state index in [2.05, 4.69) is 20.1 Å². The zero-order valence-electron chi connectivity index (χ0n) is 9.36. The Labute approximate surface area is 118 Å². The quantitative estimate of drug-likeness (QED) is 0.893. The van der Waals surface area contributed by atoms with Crippen molar-refractivity contribution in [3.8, 4) is 11.4 Å². The smallest absolute Gasteiger partial charge is 0.245 e. The van der Waals surface area contributed by atoms with Crippen LogP contribution in [0.25, 0.3) is 11.4 Å². The molecule has 1 aliphatic rings. The van der Waals surface area contributed by atoms with E-state index in [1.165, 1.54) is 11.3 Å². The number of hydrogen-bond acceptors (Lipinski definition) is 5. The van der Waals surface area contributed by atoms with Gasteiger partial charge in [0.15, 0.2) is 5.82 Å². The molecule has 3 N–H and O–H groups in total. The number of aromatic amines is 1. The van der Waals surface area contributed by atoms with E-state index in [4.69, 9.17) is 28.9 Å². The molecular weight excluding hydrogens is 293 g/mol. The Balaban J connectivity index is 1.87. The van der Waals surface area contributed by atoms with Crippen LogP contribution in [0.3, 0.4) is 0 Å². The van der Waals surface area contributed by atoms with Gasteiger partial charge in [0.2, 0.25) is 5.95 Å². The van der Waals surface area contributed by atoms with Gasteiger partial charge in [0.05, 0.1) is 4.34 Å². The molecule has 3 rings (SSSR count). The van der Waals surface area contributed by atoms with Gasteiger partial charge in [-0.15, -0.1) is 16.4 Å². The molecule has 96 valence electrons. The molecule has 0 radical (unpaired) electrons. The highest BCUT2D eigenvalue weighted by molar-refractivity contribution is 7.20. The average molecular weight is 304 g/mol. The topological polar surface area (TPSA) is 70.8 Å². The number of nitrogens with zero attached hydrogens (tertiary/aromatic N) is 3. The summed E-state index contributed by atoms with van der Waals surface area (Å²) in [6, 6.07) is 1.99. The molecule has 0 amide bonds. The Kier molecular flexibility index (Phi) is 3.19. The number of nitrogens with two attached hydrogens (primary N) is 1. The number of H-pyrrole nitrogens is 1. The number of rotatable bonds is 2. The Morgan fingerprint density at radius 3 is 2.94 bits per heavy atom. The highest BCUT2D eigenvalue weighted by Crippen LogP contribution is 2.37. The van der Waals surface area contributed by atoms with E-state index in [1.54, 1.807) is 6.07 Å². The van der Waals surface area contributed by atoms with Crippen LogP contribution in [0.15, 0.2) is 6.07 Å². The molecule has 8 heteroatoms. The van der Waals surface area contributed by atoms with E-state index in [9.17, 15) is 0 Å². The largest absolute Gasteiger partial charge is 0.338 e. The molecule has 0 bridgehead atoms. The van der Waals surface area contributed by atoms with E-state index in [0.717, 1.165) is 25.1 Å². The SMILES string of the molecule is NC1CCN(c2n[nH]c(-c3cc(Cl)sc3Cl)n2)C1. The summed E-state index contributed by atoms with van der Waals surface area (Å²) in [6.07, 6.45) is 0.967. The van der Waals surface area contributed by atoms with Crippen LogP contribution >= 0.6 is 34.5 Å². The summed E-state index contributed by atoms with van der Waals surface area (Å²) in [5.74, 6) is 1.30. The minimum atomic E-state index is 0.200. The van der Waals surface area contributed by atoms with Crippen LogP contribution in [-0.2, 0) is 0 Å². The third-order valence-electron chi connectivity index (χ3n) is 2.89. The van der Waals surface area contributed by atoms with Crippen molar-refractivity contribution in [2.45, 2.75) is 12.5 Å². The van der Waals surface area contributed by atoms with Crippen LogP contribution < -0.4 is 10.6 Å². The van der Waals surface area contributed by atoms with Crippen molar-refractivity contribution >= 4 is 40.5 Å². The second-order valence-corrected chi connectivity index (χ2v) is 6.50. The molecule has 1 aliphatic heterocycles. The third-order valence-corrected chi connectivity index (χ3v) is 4.38. The fraction of sp³-hybridized carbons (Fsp3) is 0.400. The lowest BCUT2D eigenvalue weighted by molar-refractivity contribution is 0.750. The Bertz CT molecular complexity index is 566. The van der Waals surface area contributed by atoms with E-state index in [-0.39, 0.29) is 6.04 Å².